The zero-order chi connectivity index (χ0) is 13.5. The molecule has 20 heavy (non-hydrogen) atoms. The van der Waals surface area contributed by atoms with E-state index in [0.717, 1.165) is 6.42 Å². The van der Waals surface area contributed by atoms with E-state index in [4.69, 9.17) is 0 Å². The number of halogens is 1. The maximum Gasteiger partial charge on any atom is 0.0256 e. The van der Waals surface area contributed by atoms with E-state index < -0.39 is 0 Å². The second-order valence-electron chi connectivity index (χ2n) is 5.16. The normalized spacial score (nSPS) is 12.8. The van der Waals surface area contributed by atoms with Crippen LogP contribution in [0, 0.1) is 0 Å². The molecule has 1 aliphatic rings. The summed E-state index contributed by atoms with van der Waals surface area (Å²) >= 11 is 3.71. The van der Waals surface area contributed by atoms with Crippen molar-refractivity contribution in [2.75, 3.05) is 0 Å². The van der Waals surface area contributed by atoms with Crippen LogP contribution in [0.15, 0.2) is 65.1 Å². The minimum atomic E-state index is 1.03. The minimum Gasteiger partial charge on any atom is -0.0795 e. The Labute approximate surface area is 126 Å². The van der Waals surface area contributed by atoms with Crippen molar-refractivity contribution in [3.05, 3.63) is 76.3 Å². The van der Waals surface area contributed by atoms with Crippen LogP contribution in [0.3, 0.4) is 0 Å². The summed E-state index contributed by atoms with van der Waals surface area (Å²) in [5.41, 5.74) is 5.32. The average Bonchev–Trinajstić information content (AvgIpc) is 2.95. The molecule has 0 atom stereocenters. The second kappa shape index (κ2) is 4.60. The van der Waals surface area contributed by atoms with Crippen molar-refractivity contribution in [3.63, 3.8) is 0 Å². The molecule has 0 N–H and O–H groups in total. The summed E-state index contributed by atoms with van der Waals surface area (Å²) in [6.45, 7) is 0. The lowest BCUT2D eigenvalue weighted by Gasteiger charge is -2.10. The van der Waals surface area contributed by atoms with Gasteiger partial charge in [0.1, 0.15) is 0 Å². The van der Waals surface area contributed by atoms with Gasteiger partial charge in [-0.2, -0.15) is 0 Å². The Morgan fingerprint density at radius 3 is 2.70 bits per heavy atom. The van der Waals surface area contributed by atoms with Crippen molar-refractivity contribution in [1.29, 1.82) is 0 Å². The highest BCUT2D eigenvalue weighted by Crippen LogP contribution is 2.35. The Bertz CT molecular complexity index is 838. The van der Waals surface area contributed by atoms with Crippen molar-refractivity contribution >= 4 is 32.8 Å². The molecule has 0 aliphatic heterocycles. The monoisotopic (exact) mass is 320 g/mol. The standard InChI is InChI=1S/C19H13Br/c20-19-12-15(11-14-7-4-10-18(14)19)17-9-3-6-13-5-1-2-8-16(13)17/h1-6,8-12H,7H2. The molecule has 1 aliphatic carbocycles. The first-order valence-corrected chi connectivity index (χ1v) is 7.59. The fourth-order valence-corrected chi connectivity index (χ4v) is 3.60. The fourth-order valence-electron chi connectivity index (χ4n) is 2.97. The summed E-state index contributed by atoms with van der Waals surface area (Å²) in [5.74, 6) is 0. The molecule has 0 bridgehead atoms. The lowest BCUT2D eigenvalue weighted by Crippen LogP contribution is -1.88. The van der Waals surface area contributed by atoms with Gasteiger partial charge in [-0.3, -0.25) is 0 Å². The van der Waals surface area contributed by atoms with Crippen LogP contribution in [-0.2, 0) is 6.42 Å². The Morgan fingerprint density at radius 1 is 0.900 bits per heavy atom. The topological polar surface area (TPSA) is 0 Å². The van der Waals surface area contributed by atoms with Crippen LogP contribution in [0.1, 0.15) is 11.1 Å². The number of hydrogen-bond donors (Lipinski definition) is 0. The molecule has 0 amide bonds. The molecule has 0 saturated heterocycles. The largest absolute Gasteiger partial charge is 0.0795 e. The highest BCUT2D eigenvalue weighted by Gasteiger charge is 2.12. The quantitative estimate of drug-likeness (QED) is 0.528. The molecule has 0 heterocycles. The van der Waals surface area contributed by atoms with Gasteiger partial charge in [-0.1, -0.05) is 76.6 Å². The lowest BCUT2D eigenvalue weighted by atomic mass is 9.96. The Morgan fingerprint density at radius 2 is 1.75 bits per heavy atom. The first-order valence-electron chi connectivity index (χ1n) is 6.80. The molecule has 0 aromatic heterocycles. The van der Waals surface area contributed by atoms with E-state index in [9.17, 15) is 0 Å². The first-order chi connectivity index (χ1) is 9.83. The molecule has 1 heteroatoms. The van der Waals surface area contributed by atoms with Gasteiger partial charge >= 0.3 is 0 Å². The molecular weight excluding hydrogens is 308 g/mol. The summed E-state index contributed by atoms with van der Waals surface area (Å²) in [4.78, 5) is 0. The van der Waals surface area contributed by atoms with E-state index >= 15 is 0 Å². The third-order valence-electron chi connectivity index (χ3n) is 3.94. The minimum absolute atomic E-state index is 1.03. The fraction of sp³-hybridized carbons (Fsp3) is 0.0526. The molecule has 4 rings (SSSR count). The summed E-state index contributed by atoms with van der Waals surface area (Å²) in [6, 6.07) is 19.6. The zero-order valence-corrected chi connectivity index (χ0v) is 12.5. The molecule has 3 aromatic carbocycles. The molecule has 0 spiro atoms. The smallest absolute Gasteiger partial charge is 0.0256 e. The van der Waals surface area contributed by atoms with Gasteiger partial charge in [0.25, 0.3) is 0 Å². The molecule has 0 radical (unpaired) electrons. The van der Waals surface area contributed by atoms with Crippen LogP contribution in [0.2, 0.25) is 0 Å². The molecule has 96 valence electrons. The first kappa shape index (κ1) is 11.9. The van der Waals surface area contributed by atoms with E-state index in [1.165, 1.54) is 37.5 Å². The van der Waals surface area contributed by atoms with E-state index in [1.807, 2.05) is 0 Å². The maximum absolute atomic E-state index is 3.71. The van der Waals surface area contributed by atoms with Gasteiger partial charge in [0.05, 0.1) is 0 Å². The Balaban J connectivity index is 1.99. The average molecular weight is 321 g/mol. The van der Waals surface area contributed by atoms with Crippen LogP contribution < -0.4 is 0 Å². The van der Waals surface area contributed by atoms with Gasteiger partial charge in [-0.15, -0.1) is 0 Å². The van der Waals surface area contributed by atoms with Gasteiger partial charge in [-0.25, -0.2) is 0 Å². The third-order valence-corrected chi connectivity index (χ3v) is 4.59. The van der Waals surface area contributed by atoms with Crippen molar-refractivity contribution in [1.82, 2.24) is 0 Å². The third kappa shape index (κ3) is 1.82. The van der Waals surface area contributed by atoms with Crippen LogP contribution in [0.4, 0.5) is 0 Å². The molecule has 0 nitrogen and oxygen atoms in total. The van der Waals surface area contributed by atoms with Gasteiger partial charge < -0.3 is 0 Å². The molecular formula is C19H13Br. The van der Waals surface area contributed by atoms with Crippen LogP contribution in [0.25, 0.3) is 28.0 Å². The van der Waals surface area contributed by atoms with Crippen molar-refractivity contribution < 1.29 is 0 Å². The van der Waals surface area contributed by atoms with E-state index in [-0.39, 0.29) is 0 Å². The molecule has 3 aromatic rings. The number of benzene rings is 3. The van der Waals surface area contributed by atoms with Crippen molar-refractivity contribution in [2.45, 2.75) is 6.42 Å². The maximum atomic E-state index is 3.71. The predicted molar refractivity (Wildman–Crippen MR) is 89.8 cm³/mol. The SMILES string of the molecule is Brc1cc(-c2cccc3ccccc23)cc2c1C=CC2. The number of allylic oxidation sites excluding steroid dienone is 1. The van der Waals surface area contributed by atoms with Gasteiger partial charge in [0, 0.05) is 4.47 Å². The van der Waals surface area contributed by atoms with Crippen LogP contribution >= 0.6 is 15.9 Å². The predicted octanol–water partition coefficient (Wildman–Crippen LogP) is 5.84. The highest BCUT2D eigenvalue weighted by molar-refractivity contribution is 9.10. The highest BCUT2D eigenvalue weighted by atomic mass is 79.9. The molecule has 0 fully saturated rings. The van der Waals surface area contributed by atoms with E-state index in [2.05, 4.69) is 82.7 Å². The van der Waals surface area contributed by atoms with Gasteiger partial charge in [-0.05, 0) is 45.5 Å². The zero-order valence-electron chi connectivity index (χ0n) is 10.9. The van der Waals surface area contributed by atoms with Crippen molar-refractivity contribution in [3.8, 4) is 11.1 Å². The lowest BCUT2D eigenvalue weighted by molar-refractivity contribution is 1.30. The molecule has 0 saturated carbocycles. The number of fused-ring (bicyclic) bond motifs is 2. The van der Waals surface area contributed by atoms with E-state index in [1.54, 1.807) is 0 Å². The van der Waals surface area contributed by atoms with Crippen molar-refractivity contribution in [2.24, 2.45) is 0 Å². The summed E-state index contributed by atoms with van der Waals surface area (Å²) < 4.78 is 1.19. The summed E-state index contributed by atoms with van der Waals surface area (Å²) in [7, 11) is 0. The number of rotatable bonds is 1. The Hall–Kier alpha value is -1.86. The van der Waals surface area contributed by atoms with Gasteiger partial charge in [0.15, 0.2) is 0 Å². The summed E-state index contributed by atoms with van der Waals surface area (Å²) in [6.07, 6.45) is 5.46. The number of hydrogen-bond acceptors (Lipinski definition) is 0. The second-order valence-corrected chi connectivity index (χ2v) is 6.02. The van der Waals surface area contributed by atoms with E-state index in [0.29, 0.717) is 0 Å². The molecule has 0 unspecified atom stereocenters. The summed E-state index contributed by atoms with van der Waals surface area (Å²) in [5, 5.41) is 2.60. The van der Waals surface area contributed by atoms with Crippen LogP contribution in [0.5, 0.6) is 0 Å². The van der Waals surface area contributed by atoms with Gasteiger partial charge in [0.2, 0.25) is 0 Å². The van der Waals surface area contributed by atoms with Crippen LogP contribution in [-0.4, -0.2) is 0 Å². The Kier molecular flexibility index (Phi) is 2.75.